The number of carbonyl (C=O) groups is 2. The van der Waals surface area contributed by atoms with Crippen molar-refractivity contribution in [3.63, 3.8) is 0 Å². The summed E-state index contributed by atoms with van der Waals surface area (Å²) >= 11 is 0. The van der Waals surface area contributed by atoms with Gasteiger partial charge in [-0.25, -0.2) is 8.42 Å². The van der Waals surface area contributed by atoms with Crippen LogP contribution in [0.2, 0.25) is 0 Å². The molecular formula is C20H25N2O5S-. The summed E-state index contributed by atoms with van der Waals surface area (Å²) in [5.41, 5.74) is 0.408. The number of aliphatic carboxylic acids is 1. The summed E-state index contributed by atoms with van der Waals surface area (Å²) < 4.78 is 26.6. The molecule has 1 aliphatic carbocycles. The Bertz CT molecular complexity index is 823. The van der Waals surface area contributed by atoms with Crippen LogP contribution in [0.25, 0.3) is 0 Å². The Morgan fingerprint density at radius 1 is 1.07 bits per heavy atom. The van der Waals surface area contributed by atoms with Crippen LogP contribution < -0.4 is 10.4 Å². The van der Waals surface area contributed by atoms with Crippen LogP contribution in [0.5, 0.6) is 0 Å². The standard InChI is InChI=1S/C20H26N2O5S/c1-3-13-22(14-4-2)28(26,27)16-11-9-15(10-12-16)21-19(23)17-7-5-6-8-18(17)20(24)25/h3-4,9-12,17-18H,1-2,5-8,13-14H2,(H,21,23)(H,24,25)/p-1/t17-,18-/m0/s1. The average Bonchev–Trinajstić information content (AvgIpc) is 2.68. The van der Waals surface area contributed by atoms with Crippen LogP contribution in [0, 0.1) is 11.8 Å². The Hall–Kier alpha value is -2.45. The summed E-state index contributed by atoms with van der Waals surface area (Å²) in [6.45, 7) is 7.43. The molecule has 152 valence electrons. The van der Waals surface area contributed by atoms with E-state index in [1.54, 1.807) is 0 Å². The van der Waals surface area contributed by atoms with Crippen molar-refractivity contribution in [3.05, 3.63) is 49.6 Å². The third-order valence-electron chi connectivity index (χ3n) is 4.83. The summed E-state index contributed by atoms with van der Waals surface area (Å²) in [4.78, 5) is 23.8. The SMILES string of the molecule is C=CCN(CC=C)S(=O)(=O)c1ccc(NC(=O)[C@H]2CCCC[C@@H]2C(=O)[O-])cc1. The number of anilines is 1. The van der Waals surface area contributed by atoms with Crippen molar-refractivity contribution >= 4 is 27.6 Å². The molecule has 7 nitrogen and oxygen atoms in total. The monoisotopic (exact) mass is 405 g/mol. The number of hydrogen-bond acceptors (Lipinski definition) is 5. The van der Waals surface area contributed by atoms with E-state index in [1.807, 2.05) is 0 Å². The molecule has 0 spiro atoms. The molecule has 1 amide bonds. The normalized spacial score (nSPS) is 19.8. The lowest BCUT2D eigenvalue weighted by Gasteiger charge is -2.31. The van der Waals surface area contributed by atoms with Crippen molar-refractivity contribution < 1.29 is 23.1 Å². The van der Waals surface area contributed by atoms with Crippen LogP contribution in [0.3, 0.4) is 0 Å². The lowest BCUT2D eigenvalue weighted by molar-refractivity contribution is -0.313. The van der Waals surface area contributed by atoms with Gasteiger partial charge in [0.05, 0.1) is 4.90 Å². The van der Waals surface area contributed by atoms with Crippen molar-refractivity contribution in [3.8, 4) is 0 Å². The van der Waals surface area contributed by atoms with Gasteiger partial charge in [0, 0.05) is 36.6 Å². The smallest absolute Gasteiger partial charge is 0.243 e. The van der Waals surface area contributed by atoms with Crippen molar-refractivity contribution in [2.45, 2.75) is 30.6 Å². The summed E-state index contributed by atoms with van der Waals surface area (Å²) in [6, 6.07) is 5.78. The second-order valence-corrected chi connectivity index (χ2v) is 8.67. The Kier molecular flexibility index (Phi) is 7.53. The molecule has 2 atom stereocenters. The number of carboxylic acid groups (broad SMARTS) is 1. The van der Waals surface area contributed by atoms with E-state index in [2.05, 4.69) is 18.5 Å². The Morgan fingerprint density at radius 3 is 2.11 bits per heavy atom. The fraction of sp³-hybridized carbons (Fsp3) is 0.400. The van der Waals surface area contributed by atoms with E-state index in [0.717, 1.165) is 12.8 Å². The first-order chi connectivity index (χ1) is 13.3. The van der Waals surface area contributed by atoms with Gasteiger partial charge >= 0.3 is 0 Å². The van der Waals surface area contributed by atoms with Gasteiger partial charge in [-0.1, -0.05) is 25.0 Å². The van der Waals surface area contributed by atoms with E-state index >= 15 is 0 Å². The molecule has 0 radical (unpaired) electrons. The highest BCUT2D eigenvalue weighted by atomic mass is 32.2. The second kappa shape index (κ2) is 9.66. The average molecular weight is 405 g/mol. The van der Waals surface area contributed by atoms with Crippen LogP contribution in [0.1, 0.15) is 25.7 Å². The first kappa shape index (κ1) is 21.8. The molecule has 1 saturated carbocycles. The highest BCUT2D eigenvalue weighted by molar-refractivity contribution is 7.89. The summed E-state index contributed by atoms with van der Waals surface area (Å²) in [5.74, 6) is -3.02. The molecule has 2 rings (SSSR count). The van der Waals surface area contributed by atoms with Gasteiger partial charge in [-0.2, -0.15) is 4.31 Å². The first-order valence-electron chi connectivity index (χ1n) is 9.15. The number of carboxylic acids is 1. The largest absolute Gasteiger partial charge is 0.550 e. The number of amides is 1. The Labute approximate surface area is 165 Å². The summed E-state index contributed by atoms with van der Waals surface area (Å²) in [7, 11) is -3.72. The summed E-state index contributed by atoms with van der Waals surface area (Å²) in [6.07, 6.45) is 5.47. The maximum absolute atomic E-state index is 12.7. The van der Waals surface area contributed by atoms with Crippen molar-refractivity contribution in [2.24, 2.45) is 11.8 Å². The van der Waals surface area contributed by atoms with Crippen LogP contribution in [-0.4, -0.2) is 37.7 Å². The highest BCUT2D eigenvalue weighted by Crippen LogP contribution is 2.31. The zero-order valence-electron chi connectivity index (χ0n) is 15.7. The number of carbonyl (C=O) groups excluding carboxylic acids is 2. The van der Waals surface area contributed by atoms with Crippen LogP contribution in [0.4, 0.5) is 5.69 Å². The number of nitrogens with zero attached hydrogens (tertiary/aromatic N) is 1. The third kappa shape index (κ3) is 5.08. The number of sulfonamides is 1. The first-order valence-corrected chi connectivity index (χ1v) is 10.6. The van der Waals surface area contributed by atoms with Gasteiger partial charge in [-0.3, -0.25) is 4.79 Å². The van der Waals surface area contributed by atoms with E-state index in [1.165, 1.54) is 40.7 Å². The molecule has 1 aromatic rings. The zero-order valence-corrected chi connectivity index (χ0v) is 16.5. The molecule has 0 unspecified atom stereocenters. The minimum Gasteiger partial charge on any atom is -0.550 e. The predicted octanol–water partition coefficient (Wildman–Crippen LogP) is 1.54. The van der Waals surface area contributed by atoms with Gasteiger partial charge in [0.1, 0.15) is 0 Å². The zero-order chi connectivity index (χ0) is 20.7. The third-order valence-corrected chi connectivity index (χ3v) is 6.68. The van der Waals surface area contributed by atoms with Crippen LogP contribution in [0.15, 0.2) is 54.5 Å². The van der Waals surface area contributed by atoms with E-state index in [4.69, 9.17) is 0 Å². The number of rotatable bonds is 9. The lowest BCUT2D eigenvalue weighted by Crippen LogP contribution is -2.42. The van der Waals surface area contributed by atoms with Crippen LogP contribution in [-0.2, 0) is 19.6 Å². The maximum atomic E-state index is 12.7. The van der Waals surface area contributed by atoms with Gasteiger partial charge < -0.3 is 15.2 Å². The fourth-order valence-corrected chi connectivity index (χ4v) is 4.76. The summed E-state index contributed by atoms with van der Waals surface area (Å²) in [5, 5.41) is 14.0. The molecule has 0 aromatic heterocycles. The predicted molar refractivity (Wildman–Crippen MR) is 105 cm³/mol. The molecule has 0 saturated heterocycles. The second-order valence-electron chi connectivity index (χ2n) is 6.73. The van der Waals surface area contributed by atoms with E-state index in [0.29, 0.717) is 18.5 Å². The lowest BCUT2D eigenvalue weighted by atomic mass is 9.78. The number of hydrogen-bond donors (Lipinski definition) is 1. The Morgan fingerprint density at radius 2 is 1.61 bits per heavy atom. The number of benzene rings is 1. The molecule has 1 aromatic carbocycles. The van der Waals surface area contributed by atoms with Gasteiger partial charge in [-0.05, 0) is 37.1 Å². The highest BCUT2D eigenvalue weighted by Gasteiger charge is 2.32. The van der Waals surface area contributed by atoms with Crippen molar-refractivity contribution in [1.82, 2.24) is 4.31 Å². The molecule has 1 aliphatic rings. The molecule has 8 heteroatoms. The molecule has 0 bridgehead atoms. The number of nitrogens with one attached hydrogen (secondary N) is 1. The van der Waals surface area contributed by atoms with E-state index < -0.39 is 27.8 Å². The minimum atomic E-state index is -3.72. The molecule has 0 aliphatic heterocycles. The molecule has 1 fully saturated rings. The molecule has 1 N–H and O–H groups in total. The van der Waals surface area contributed by atoms with E-state index in [-0.39, 0.29) is 23.9 Å². The molecular weight excluding hydrogens is 380 g/mol. The van der Waals surface area contributed by atoms with Crippen LogP contribution >= 0.6 is 0 Å². The quantitative estimate of drug-likeness (QED) is 0.627. The van der Waals surface area contributed by atoms with Gasteiger partial charge in [0.2, 0.25) is 15.9 Å². The van der Waals surface area contributed by atoms with Gasteiger partial charge in [0.25, 0.3) is 0 Å². The Balaban J connectivity index is 2.13. The van der Waals surface area contributed by atoms with Crippen molar-refractivity contribution in [2.75, 3.05) is 18.4 Å². The van der Waals surface area contributed by atoms with Gasteiger partial charge in [0.15, 0.2) is 0 Å². The van der Waals surface area contributed by atoms with Crippen molar-refractivity contribution in [1.29, 1.82) is 0 Å². The maximum Gasteiger partial charge on any atom is 0.243 e. The van der Waals surface area contributed by atoms with E-state index in [9.17, 15) is 23.1 Å². The molecule has 0 heterocycles. The fourth-order valence-electron chi connectivity index (χ4n) is 3.38. The molecule has 28 heavy (non-hydrogen) atoms. The topological polar surface area (TPSA) is 107 Å². The van der Waals surface area contributed by atoms with Gasteiger partial charge in [-0.15, -0.1) is 13.2 Å². The minimum absolute atomic E-state index is 0.0828.